The minimum atomic E-state index is -3.45. The van der Waals surface area contributed by atoms with Gasteiger partial charge in [0, 0.05) is 44.7 Å². The number of hydrogen-bond donors (Lipinski definition) is 2. The highest BCUT2D eigenvalue weighted by Gasteiger charge is 2.40. The quantitative estimate of drug-likeness (QED) is 0.577. The van der Waals surface area contributed by atoms with Crippen molar-refractivity contribution in [2.45, 2.75) is 82.2 Å². The van der Waals surface area contributed by atoms with Crippen molar-refractivity contribution in [1.82, 2.24) is 19.8 Å². The Hall–Kier alpha value is -2.21. The van der Waals surface area contributed by atoms with E-state index in [4.69, 9.17) is 9.47 Å². The molecular weight excluding hydrogens is 520 g/mol. The number of piperazine rings is 1. The molecule has 3 fully saturated rings. The fourth-order valence-corrected chi connectivity index (χ4v) is 7.35. The van der Waals surface area contributed by atoms with Crippen molar-refractivity contribution in [2.75, 3.05) is 39.0 Å². The molecule has 4 atom stereocenters. The number of fused-ring (bicyclic) bond motifs is 4. The Morgan fingerprint density at radius 1 is 1.00 bits per heavy atom. The molecule has 0 unspecified atom stereocenters. The van der Waals surface area contributed by atoms with Crippen molar-refractivity contribution in [3.05, 3.63) is 29.8 Å². The molecule has 3 heterocycles. The maximum absolute atomic E-state index is 13.9. The van der Waals surface area contributed by atoms with Crippen LogP contribution in [0.15, 0.2) is 24.3 Å². The molecule has 2 amide bonds. The Labute approximate surface area is 231 Å². The summed E-state index contributed by atoms with van der Waals surface area (Å²) in [5, 5.41) is 3.03. The minimum absolute atomic E-state index is 0.134. The maximum Gasteiger partial charge on any atom is 0.258 e. The summed E-state index contributed by atoms with van der Waals surface area (Å²) in [6.45, 7) is 4.48. The fraction of sp³-hybridized carbons (Fsp3) is 0.714. The van der Waals surface area contributed by atoms with Gasteiger partial charge in [0.25, 0.3) is 5.91 Å². The second kappa shape index (κ2) is 12.1. The van der Waals surface area contributed by atoms with Crippen LogP contribution in [0, 0.1) is 5.92 Å². The first-order valence-corrected chi connectivity index (χ1v) is 16.2. The summed E-state index contributed by atoms with van der Waals surface area (Å²) in [5.74, 6) is 0.793. The highest BCUT2D eigenvalue weighted by molar-refractivity contribution is 7.88. The van der Waals surface area contributed by atoms with E-state index in [9.17, 15) is 18.0 Å². The number of sulfonamides is 1. The Morgan fingerprint density at radius 2 is 1.77 bits per heavy atom. The van der Waals surface area contributed by atoms with Gasteiger partial charge in [0.15, 0.2) is 0 Å². The van der Waals surface area contributed by atoms with Crippen LogP contribution in [-0.4, -0.2) is 99.4 Å². The van der Waals surface area contributed by atoms with Gasteiger partial charge in [-0.25, -0.2) is 13.1 Å². The summed E-state index contributed by atoms with van der Waals surface area (Å²) in [5.41, 5.74) is 0.465. The van der Waals surface area contributed by atoms with E-state index in [1.165, 1.54) is 12.8 Å². The average molecular weight is 563 g/mol. The van der Waals surface area contributed by atoms with Crippen LogP contribution in [0.5, 0.6) is 5.75 Å². The van der Waals surface area contributed by atoms with Crippen LogP contribution >= 0.6 is 0 Å². The number of para-hydroxylation sites is 1. The molecule has 3 aliphatic heterocycles. The molecule has 0 aromatic heterocycles. The van der Waals surface area contributed by atoms with E-state index in [-0.39, 0.29) is 24.5 Å². The Kier molecular flexibility index (Phi) is 8.80. The van der Waals surface area contributed by atoms with Gasteiger partial charge in [-0.1, -0.05) is 19.1 Å². The molecule has 11 heteroatoms. The van der Waals surface area contributed by atoms with E-state index in [1.807, 2.05) is 12.1 Å². The van der Waals surface area contributed by atoms with Crippen molar-refractivity contribution in [3.63, 3.8) is 0 Å². The van der Waals surface area contributed by atoms with E-state index >= 15 is 0 Å². The Balaban J connectivity index is 1.41. The van der Waals surface area contributed by atoms with Gasteiger partial charge in [-0.3, -0.25) is 14.5 Å². The lowest BCUT2D eigenvalue weighted by Crippen LogP contribution is -2.63. The normalized spacial score (nSPS) is 33.2. The number of hydrogen-bond acceptors (Lipinski definition) is 7. The first-order chi connectivity index (χ1) is 18.7. The molecule has 0 radical (unpaired) electrons. The van der Waals surface area contributed by atoms with Gasteiger partial charge in [0.1, 0.15) is 11.8 Å². The van der Waals surface area contributed by atoms with Crippen LogP contribution < -0.4 is 14.8 Å². The SMILES string of the molecule is CC1CCC(N2CCN3C(=O)c4ccccc4OCC[C@@H]4CC[C@@H](NS(C)(=O)=O)[C@@H](CNC(=O)[C@@H]3C2)O4)CC1. The third-order valence-corrected chi connectivity index (χ3v) is 9.48. The smallest absolute Gasteiger partial charge is 0.258 e. The standard InChI is InChI=1S/C28H42N4O6S/c1-19-7-9-20(10-8-19)31-14-15-32-24(18-31)27(33)29-17-26-23(30-39(2,35)36)12-11-21(38-26)13-16-37-25-6-4-3-5-22(25)28(32)34/h3-6,19-21,23-24,26,30H,7-18H2,1-2H3,(H,29,33)/t19?,20?,21-,23+,24-,26+/m0/s1. The van der Waals surface area contributed by atoms with Gasteiger partial charge in [0.05, 0.1) is 30.6 Å². The molecule has 1 aliphatic carbocycles. The van der Waals surface area contributed by atoms with Crippen LogP contribution in [-0.2, 0) is 19.6 Å². The van der Waals surface area contributed by atoms with Crippen molar-refractivity contribution < 1.29 is 27.5 Å². The topological polar surface area (TPSA) is 117 Å². The summed E-state index contributed by atoms with van der Waals surface area (Å²) in [6, 6.07) is 6.54. The molecule has 0 spiro atoms. The maximum atomic E-state index is 13.9. The number of ether oxygens (including phenoxy) is 2. The first-order valence-electron chi connectivity index (χ1n) is 14.4. The zero-order chi connectivity index (χ0) is 27.6. The van der Waals surface area contributed by atoms with Crippen molar-refractivity contribution in [1.29, 1.82) is 0 Å². The molecule has 4 aliphatic rings. The van der Waals surface area contributed by atoms with Crippen LogP contribution in [0.2, 0.25) is 0 Å². The second-order valence-electron chi connectivity index (χ2n) is 11.7. The van der Waals surface area contributed by atoms with Crippen LogP contribution in [0.25, 0.3) is 0 Å². The summed E-state index contributed by atoms with van der Waals surface area (Å²) in [4.78, 5) is 31.7. The second-order valence-corrected chi connectivity index (χ2v) is 13.5. The highest BCUT2D eigenvalue weighted by atomic mass is 32.2. The molecule has 216 valence electrons. The number of benzene rings is 1. The fourth-order valence-electron chi connectivity index (χ4n) is 6.53. The number of amides is 2. The summed E-state index contributed by atoms with van der Waals surface area (Å²) in [6.07, 6.45) is 6.95. The molecule has 10 nitrogen and oxygen atoms in total. The monoisotopic (exact) mass is 562 g/mol. The summed E-state index contributed by atoms with van der Waals surface area (Å²) >= 11 is 0. The Morgan fingerprint density at radius 3 is 2.54 bits per heavy atom. The molecule has 1 aromatic carbocycles. The number of rotatable bonds is 3. The number of nitrogens with zero attached hydrogens (tertiary/aromatic N) is 2. The number of carbonyl (C=O) groups is 2. The van der Waals surface area contributed by atoms with Gasteiger partial charge in [-0.15, -0.1) is 0 Å². The van der Waals surface area contributed by atoms with Gasteiger partial charge in [-0.2, -0.15) is 0 Å². The van der Waals surface area contributed by atoms with Gasteiger partial charge in [0.2, 0.25) is 15.9 Å². The van der Waals surface area contributed by atoms with Gasteiger partial charge in [-0.05, 0) is 56.6 Å². The zero-order valence-electron chi connectivity index (χ0n) is 23.0. The molecule has 2 N–H and O–H groups in total. The van der Waals surface area contributed by atoms with Crippen LogP contribution in [0.3, 0.4) is 0 Å². The molecular formula is C28H42N4O6S. The van der Waals surface area contributed by atoms with Gasteiger partial charge >= 0.3 is 0 Å². The highest BCUT2D eigenvalue weighted by Crippen LogP contribution is 2.30. The lowest BCUT2D eigenvalue weighted by atomic mass is 9.86. The molecule has 2 saturated heterocycles. The molecule has 1 saturated carbocycles. The van der Waals surface area contributed by atoms with Gasteiger partial charge < -0.3 is 19.7 Å². The first kappa shape index (κ1) is 28.3. The third kappa shape index (κ3) is 6.93. The van der Waals surface area contributed by atoms with Crippen LogP contribution in [0.4, 0.5) is 0 Å². The predicted octanol–water partition coefficient (Wildman–Crippen LogP) is 1.76. The minimum Gasteiger partial charge on any atom is -0.493 e. The molecule has 2 bridgehead atoms. The number of nitrogens with one attached hydrogen (secondary N) is 2. The predicted molar refractivity (Wildman–Crippen MR) is 147 cm³/mol. The molecule has 1 aromatic rings. The largest absolute Gasteiger partial charge is 0.493 e. The summed E-state index contributed by atoms with van der Waals surface area (Å²) in [7, 11) is -3.45. The van der Waals surface area contributed by atoms with E-state index in [2.05, 4.69) is 21.9 Å². The van der Waals surface area contributed by atoms with E-state index < -0.39 is 28.2 Å². The van der Waals surface area contributed by atoms with E-state index in [1.54, 1.807) is 17.0 Å². The number of carbonyl (C=O) groups excluding carboxylic acids is 2. The molecule has 5 rings (SSSR count). The van der Waals surface area contributed by atoms with E-state index in [0.29, 0.717) is 56.3 Å². The van der Waals surface area contributed by atoms with Crippen molar-refractivity contribution in [3.8, 4) is 5.75 Å². The van der Waals surface area contributed by atoms with Crippen molar-refractivity contribution in [2.24, 2.45) is 5.92 Å². The lowest BCUT2D eigenvalue weighted by Gasteiger charge is -2.45. The average Bonchev–Trinajstić information content (AvgIpc) is 2.91. The zero-order valence-corrected chi connectivity index (χ0v) is 23.8. The van der Waals surface area contributed by atoms with Crippen LogP contribution in [0.1, 0.15) is 62.2 Å². The van der Waals surface area contributed by atoms with E-state index in [0.717, 1.165) is 31.6 Å². The molecule has 39 heavy (non-hydrogen) atoms. The summed E-state index contributed by atoms with van der Waals surface area (Å²) < 4.78 is 39.1. The van der Waals surface area contributed by atoms with Crippen molar-refractivity contribution >= 4 is 21.8 Å². The Bertz CT molecular complexity index is 1140. The lowest BCUT2D eigenvalue weighted by molar-refractivity contribution is -0.130. The third-order valence-electron chi connectivity index (χ3n) is 8.75.